The second-order valence-electron chi connectivity index (χ2n) is 6.66. The van der Waals surface area contributed by atoms with E-state index in [4.69, 9.17) is 9.47 Å². The predicted molar refractivity (Wildman–Crippen MR) is 103 cm³/mol. The Morgan fingerprint density at radius 1 is 0.963 bits per heavy atom. The van der Waals surface area contributed by atoms with Crippen LogP contribution >= 0.6 is 0 Å². The number of rotatable bonds is 19. The van der Waals surface area contributed by atoms with Gasteiger partial charge >= 0.3 is 11.9 Å². The van der Waals surface area contributed by atoms with Gasteiger partial charge in [-0.05, 0) is 32.4 Å². The van der Waals surface area contributed by atoms with Crippen molar-refractivity contribution in [2.24, 2.45) is 0 Å². The lowest BCUT2D eigenvalue weighted by Crippen LogP contribution is -2.29. The van der Waals surface area contributed by atoms with E-state index in [2.05, 4.69) is 12.2 Å². The Balaban J connectivity index is 3.69. The first-order chi connectivity index (χ1) is 13.1. The van der Waals surface area contributed by atoms with Crippen molar-refractivity contribution in [1.82, 2.24) is 5.32 Å². The van der Waals surface area contributed by atoms with E-state index in [1.165, 1.54) is 19.3 Å². The molecule has 0 aromatic heterocycles. The zero-order valence-corrected chi connectivity index (χ0v) is 16.7. The second kappa shape index (κ2) is 19.3. The lowest BCUT2D eigenvalue weighted by atomic mass is 10.1. The van der Waals surface area contributed by atoms with Gasteiger partial charge in [-0.2, -0.15) is 0 Å². The summed E-state index contributed by atoms with van der Waals surface area (Å²) < 4.78 is 10.2. The first kappa shape index (κ1) is 25.5. The summed E-state index contributed by atoms with van der Waals surface area (Å²) in [5.41, 5.74) is 0. The lowest BCUT2D eigenvalue weighted by Gasteiger charge is -2.15. The van der Waals surface area contributed by atoms with Crippen LogP contribution in [0.4, 0.5) is 0 Å². The van der Waals surface area contributed by atoms with E-state index in [0.717, 1.165) is 38.5 Å². The molecule has 1 unspecified atom stereocenters. The van der Waals surface area contributed by atoms with Gasteiger partial charge in [-0.3, -0.25) is 9.59 Å². The van der Waals surface area contributed by atoms with E-state index in [1.54, 1.807) is 0 Å². The quantitative estimate of drug-likeness (QED) is 0.199. The molecule has 0 aliphatic heterocycles. The summed E-state index contributed by atoms with van der Waals surface area (Å²) in [6, 6.07) is 0. The summed E-state index contributed by atoms with van der Waals surface area (Å²) >= 11 is 0. The van der Waals surface area contributed by atoms with Crippen LogP contribution in [0.1, 0.15) is 77.6 Å². The molecule has 0 aliphatic carbocycles. The summed E-state index contributed by atoms with van der Waals surface area (Å²) in [6.07, 6.45) is 9.13. The number of esters is 2. The van der Waals surface area contributed by atoms with Crippen LogP contribution in [0.25, 0.3) is 0 Å². The van der Waals surface area contributed by atoms with E-state index in [0.29, 0.717) is 25.8 Å². The van der Waals surface area contributed by atoms with E-state index in [1.807, 2.05) is 0 Å². The Bertz CT molecular complexity index is 389. The molecule has 0 bridgehead atoms. The molecule has 0 fully saturated rings. The third kappa shape index (κ3) is 17.7. The number of carbonyl (C=O) groups excluding carboxylic acids is 3. The molecule has 0 radical (unpaired) electrons. The van der Waals surface area contributed by atoms with Crippen molar-refractivity contribution in [2.45, 2.75) is 83.7 Å². The van der Waals surface area contributed by atoms with Crippen molar-refractivity contribution in [1.29, 1.82) is 0 Å². The first-order valence-electron chi connectivity index (χ1n) is 10.2. The van der Waals surface area contributed by atoms with E-state index < -0.39 is 12.1 Å². The molecule has 7 nitrogen and oxygen atoms in total. The highest BCUT2D eigenvalue weighted by Gasteiger charge is 2.15. The van der Waals surface area contributed by atoms with Crippen LogP contribution in [0.15, 0.2) is 0 Å². The third-order valence-electron chi connectivity index (χ3n) is 4.08. The van der Waals surface area contributed by atoms with Crippen LogP contribution in [-0.2, 0) is 23.9 Å². The number of hydrogen-bond acceptors (Lipinski definition) is 7. The fourth-order valence-corrected chi connectivity index (χ4v) is 2.47. The molecule has 0 amide bonds. The van der Waals surface area contributed by atoms with Gasteiger partial charge in [0.25, 0.3) is 0 Å². The third-order valence-corrected chi connectivity index (χ3v) is 4.08. The van der Waals surface area contributed by atoms with Crippen molar-refractivity contribution < 1.29 is 29.0 Å². The molecule has 0 saturated carbocycles. The summed E-state index contributed by atoms with van der Waals surface area (Å²) in [5.74, 6) is -0.741. The van der Waals surface area contributed by atoms with Crippen LogP contribution in [-0.4, -0.2) is 55.7 Å². The number of unbranched alkanes of at least 4 members (excludes halogenated alkanes) is 6. The van der Waals surface area contributed by atoms with Crippen molar-refractivity contribution in [3.8, 4) is 0 Å². The Morgan fingerprint density at radius 2 is 1.63 bits per heavy atom. The minimum atomic E-state index is -0.813. The molecule has 158 valence electrons. The molecular weight excluding hydrogens is 350 g/mol. The van der Waals surface area contributed by atoms with Gasteiger partial charge in [-0.1, -0.05) is 39.0 Å². The van der Waals surface area contributed by atoms with Crippen molar-refractivity contribution >= 4 is 18.2 Å². The van der Waals surface area contributed by atoms with Gasteiger partial charge in [0.1, 0.15) is 12.9 Å². The fraction of sp³-hybridized carbons (Fsp3) is 0.850. The minimum absolute atomic E-state index is 0.110. The molecule has 0 aliphatic rings. The van der Waals surface area contributed by atoms with Gasteiger partial charge < -0.3 is 24.7 Å². The zero-order valence-electron chi connectivity index (χ0n) is 16.7. The number of ether oxygens (including phenoxy) is 2. The number of aldehydes is 1. The van der Waals surface area contributed by atoms with Gasteiger partial charge in [0, 0.05) is 19.3 Å². The van der Waals surface area contributed by atoms with Crippen molar-refractivity contribution in [2.75, 3.05) is 26.3 Å². The molecule has 7 heteroatoms. The monoisotopic (exact) mass is 387 g/mol. The van der Waals surface area contributed by atoms with E-state index in [9.17, 15) is 19.5 Å². The maximum atomic E-state index is 11.7. The minimum Gasteiger partial charge on any atom is -0.462 e. The van der Waals surface area contributed by atoms with Crippen molar-refractivity contribution in [3.63, 3.8) is 0 Å². The molecule has 0 rings (SSSR count). The van der Waals surface area contributed by atoms with E-state index in [-0.39, 0.29) is 25.6 Å². The van der Waals surface area contributed by atoms with Crippen LogP contribution in [0.3, 0.4) is 0 Å². The molecule has 0 spiro atoms. The van der Waals surface area contributed by atoms with Gasteiger partial charge in [-0.15, -0.1) is 0 Å². The maximum absolute atomic E-state index is 11.7. The first-order valence-corrected chi connectivity index (χ1v) is 10.2. The number of aliphatic hydroxyl groups excluding tert-OH is 1. The zero-order chi connectivity index (χ0) is 20.2. The normalized spacial score (nSPS) is 11.8. The molecule has 1 atom stereocenters. The van der Waals surface area contributed by atoms with Crippen LogP contribution in [0.2, 0.25) is 0 Å². The molecule has 0 aromatic rings. The SMILES string of the molecule is CCCCCCCCC(=O)OCC(CO)OC(=O)CCCNCCCC=O. The van der Waals surface area contributed by atoms with Crippen LogP contribution in [0.5, 0.6) is 0 Å². The molecule has 2 N–H and O–H groups in total. The fourth-order valence-electron chi connectivity index (χ4n) is 2.47. The molecule has 27 heavy (non-hydrogen) atoms. The molecular formula is C20H37NO6. The molecule has 0 saturated heterocycles. The van der Waals surface area contributed by atoms with Gasteiger partial charge in [0.05, 0.1) is 6.61 Å². The van der Waals surface area contributed by atoms with Crippen LogP contribution in [0, 0.1) is 0 Å². The number of nitrogens with one attached hydrogen (secondary N) is 1. The smallest absolute Gasteiger partial charge is 0.306 e. The largest absolute Gasteiger partial charge is 0.462 e. The molecule has 0 aromatic carbocycles. The summed E-state index contributed by atoms with van der Waals surface area (Å²) in [7, 11) is 0. The lowest BCUT2D eigenvalue weighted by molar-refractivity contribution is -0.161. The highest BCUT2D eigenvalue weighted by Crippen LogP contribution is 2.08. The summed E-state index contributed by atoms with van der Waals surface area (Å²) in [4.78, 5) is 33.6. The number of hydrogen-bond donors (Lipinski definition) is 2. The Labute approximate surface area is 163 Å². The van der Waals surface area contributed by atoms with Gasteiger partial charge in [-0.25, -0.2) is 0 Å². The summed E-state index contributed by atoms with van der Waals surface area (Å²) in [6.45, 7) is 3.07. The average molecular weight is 388 g/mol. The van der Waals surface area contributed by atoms with Crippen molar-refractivity contribution in [3.05, 3.63) is 0 Å². The average Bonchev–Trinajstić information content (AvgIpc) is 2.67. The Kier molecular flexibility index (Phi) is 18.2. The molecule has 0 heterocycles. The predicted octanol–water partition coefficient (Wildman–Crippen LogP) is 2.53. The summed E-state index contributed by atoms with van der Waals surface area (Å²) in [5, 5.41) is 12.4. The Morgan fingerprint density at radius 3 is 2.33 bits per heavy atom. The van der Waals surface area contributed by atoms with Gasteiger partial charge in [0.15, 0.2) is 6.10 Å². The number of aliphatic hydroxyl groups is 1. The van der Waals surface area contributed by atoms with E-state index >= 15 is 0 Å². The van der Waals surface area contributed by atoms with Gasteiger partial charge in [0.2, 0.25) is 0 Å². The maximum Gasteiger partial charge on any atom is 0.306 e. The standard InChI is InChI=1S/C20H37NO6/c1-2-3-4-5-6-7-11-19(24)26-17-18(16-23)27-20(25)12-10-14-21-13-8-9-15-22/h15,18,21,23H,2-14,16-17H2,1H3. The topological polar surface area (TPSA) is 102 Å². The number of carbonyl (C=O) groups is 3. The Hall–Kier alpha value is -1.47. The highest BCUT2D eigenvalue weighted by atomic mass is 16.6. The van der Waals surface area contributed by atoms with Crippen LogP contribution < -0.4 is 5.32 Å². The highest BCUT2D eigenvalue weighted by molar-refractivity contribution is 5.70. The second-order valence-corrected chi connectivity index (χ2v) is 6.66.